The van der Waals surface area contributed by atoms with Crippen LogP contribution in [0.25, 0.3) is 0 Å². The van der Waals surface area contributed by atoms with Crippen molar-refractivity contribution < 1.29 is 14.3 Å². The summed E-state index contributed by atoms with van der Waals surface area (Å²) < 4.78 is 4.59. The highest BCUT2D eigenvalue weighted by Gasteiger charge is 2.33. The summed E-state index contributed by atoms with van der Waals surface area (Å²) in [4.78, 5) is 23.6. The van der Waals surface area contributed by atoms with Gasteiger partial charge in [-0.05, 0) is 39.8 Å². The maximum absolute atomic E-state index is 11.8. The maximum Gasteiger partial charge on any atom is 0.327 e. The second-order valence-electron chi connectivity index (χ2n) is 6.07. The number of esters is 1. The second kappa shape index (κ2) is 6.18. The van der Waals surface area contributed by atoms with Crippen LogP contribution < -0.4 is 5.32 Å². The Morgan fingerprint density at radius 2 is 2.05 bits per heavy atom. The molecule has 0 aliphatic heterocycles. The number of carbonyl (C=O) groups excluding carboxylic acids is 2. The second-order valence-corrected chi connectivity index (χ2v) is 8.05. The monoisotopic (exact) mass is 355 g/mol. The van der Waals surface area contributed by atoms with Crippen LogP contribution in [0.5, 0.6) is 0 Å². The zero-order chi connectivity index (χ0) is 16.4. The molecule has 0 aromatic rings. The molecule has 0 radical (unpaired) electrons. The molecule has 21 heavy (non-hydrogen) atoms. The van der Waals surface area contributed by atoms with Gasteiger partial charge < -0.3 is 10.1 Å². The van der Waals surface area contributed by atoms with Gasteiger partial charge in [-0.1, -0.05) is 35.5 Å². The highest BCUT2D eigenvalue weighted by Crippen LogP contribution is 2.29. The predicted octanol–water partition coefficient (Wildman–Crippen LogP) is 3.24. The van der Waals surface area contributed by atoms with Crippen molar-refractivity contribution in [3.63, 3.8) is 0 Å². The zero-order valence-electron chi connectivity index (χ0n) is 13.1. The van der Waals surface area contributed by atoms with E-state index in [0.717, 1.165) is 0 Å². The van der Waals surface area contributed by atoms with E-state index in [1.165, 1.54) is 0 Å². The number of amides is 1. The highest BCUT2D eigenvalue weighted by atomic mass is 79.9. The number of nitrogens with one attached hydrogen (secondary N) is 1. The van der Waals surface area contributed by atoms with Crippen molar-refractivity contribution >= 4 is 27.8 Å². The van der Waals surface area contributed by atoms with E-state index >= 15 is 0 Å². The highest BCUT2D eigenvalue weighted by molar-refractivity contribution is 9.10. The lowest BCUT2D eigenvalue weighted by Gasteiger charge is -2.35. The van der Waals surface area contributed by atoms with Gasteiger partial charge in [-0.2, -0.15) is 0 Å². The molecule has 0 bridgehead atoms. The minimum Gasteiger partial charge on any atom is -0.426 e. The molecule has 1 N–H and O–H groups in total. The van der Waals surface area contributed by atoms with Crippen molar-refractivity contribution in [2.24, 2.45) is 5.92 Å². The number of halogens is 1. The van der Waals surface area contributed by atoms with E-state index in [9.17, 15) is 9.59 Å². The molecule has 1 rings (SSSR count). The largest absolute Gasteiger partial charge is 0.426 e. The molecule has 2 atom stereocenters. The molecule has 0 aromatic carbocycles. The lowest BCUT2D eigenvalue weighted by Crippen LogP contribution is -2.50. The molecule has 0 heterocycles. The Morgan fingerprint density at radius 3 is 2.48 bits per heavy atom. The predicted molar refractivity (Wildman–Crippen MR) is 86.8 cm³/mol. The number of allylic oxidation sites excluding steroid dienone is 1. The Hall–Kier alpha value is -1.36. The van der Waals surface area contributed by atoms with Crippen molar-refractivity contribution in [1.82, 2.24) is 5.32 Å². The van der Waals surface area contributed by atoms with Gasteiger partial charge >= 0.3 is 5.97 Å². The Kier molecular flexibility index (Phi) is 5.20. The van der Waals surface area contributed by atoms with E-state index in [-0.39, 0.29) is 17.8 Å². The Bertz CT molecular complexity index is 528. The minimum absolute atomic E-state index is 0.0213. The van der Waals surface area contributed by atoms with Gasteiger partial charge in [-0.3, -0.25) is 9.59 Å². The molecule has 0 saturated heterocycles. The van der Waals surface area contributed by atoms with E-state index in [0.29, 0.717) is 11.3 Å². The van der Waals surface area contributed by atoms with Gasteiger partial charge in [0.25, 0.3) is 0 Å². The molecule has 116 valence electrons. The first-order chi connectivity index (χ1) is 9.45. The van der Waals surface area contributed by atoms with Crippen LogP contribution in [0.3, 0.4) is 0 Å². The SMILES string of the molecule is C=C(C)C(=O)NC1(C)C=CC(OC(=O)C(C)(C)Br)=CC1C. The summed E-state index contributed by atoms with van der Waals surface area (Å²) >= 11 is 3.26. The van der Waals surface area contributed by atoms with Gasteiger partial charge in [-0.15, -0.1) is 0 Å². The first-order valence-corrected chi connectivity index (χ1v) is 7.55. The molecule has 0 saturated carbocycles. The van der Waals surface area contributed by atoms with Crippen LogP contribution >= 0.6 is 15.9 Å². The summed E-state index contributed by atoms with van der Waals surface area (Å²) in [5.41, 5.74) is -0.0744. The van der Waals surface area contributed by atoms with Crippen LogP contribution in [-0.2, 0) is 14.3 Å². The quantitative estimate of drug-likeness (QED) is 0.478. The molecule has 0 aromatic heterocycles. The van der Waals surface area contributed by atoms with Gasteiger partial charge in [0.15, 0.2) is 0 Å². The lowest BCUT2D eigenvalue weighted by molar-refractivity contribution is -0.140. The van der Waals surface area contributed by atoms with Crippen LogP contribution in [0.1, 0.15) is 34.6 Å². The van der Waals surface area contributed by atoms with Crippen LogP contribution in [0, 0.1) is 5.92 Å². The smallest absolute Gasteiger partial charge is 0.327 e. The van der Waals surface area contributed by atoms with Crippen molar-refractivity contribution in [3.05, 3.63) is 36.1 Å². The number of alkyl halides is 1. The summed E-state index contributed by atoms with van der Waals surface area (Å²) in [6.07, 6.45) is 5.37. The molecular formula is C16H22BrNO3. The number of ether oxygens (including phenoxy) is 1. The van der Waals surface area contributed by atoms with Crippen molar-refractivity contribution in [2.75, 3.05) is 0 Å². The molecule has 5 heteroatoms. The molecule has 0 fully saturated rings. The summed E-state index contributed by atoms with van der Waals surface area (Å²) in [7, 11) is 0. The zero-order valence-corrected chi connectivity index (χ0v) is 14.7. The van der Waals surface area contributed by atoms with Crippen molar-refractivity contribution in [1.29, 1.82) is 0 Å². The van der Waals surface area contributed by atoms with Gasteiger partial charge in [0, 0.05) is 11.5 Å². The molecule has 2 unspecified atom stereocenters. The maximum atomic E-state index is 11.8. The van der Waals surface area contributed by atoms with E-state index in [4.69, 9.17) is 4.74 Å². The van der Waals surface area contributed by atoms with Gasteiger partial charge in [0.05, 0.1) is 5.54 Å². The molecular weight excluding hydrogens is 334 g/mol. The Morgan fingerprint density at radius 1 is 1.48 bits per heavy atom. The number of hydrogen-bond acceptors (Lipinski definition) is 3. The third kappa shape index (κ3) is 4.56. The average Bonchev–Trinajstić information content (AvgIpc) is 2.33. The first kappa shape index (κ1) is 17.7. The van der Waals surface area contributed by atoms with Gasteiger partial charge in [-0.25, -0.2) is 0 Å². The van der Waals surface area contributed by atoms with Crippen LogP contribution in [0.15, 0.2) is 36.1 Å². The number of hydrogen-bond donors (Lipinski definition) is 1. The Balaban J connectivity index is 2.82. The van der Waals surface area contributed by atoms with Gasteiger partial charge in [0.2, 0.25) is 5.91 Å². The number of carbonyl (C=O) groups is 2. The lowest BCUT2D eigenvalue weighted by atomic mass is 9.82. The van der Waals surface area contributed by atoms with Crippen LogP contribution in [-0.4, -0.2) is 21.7 Å². The normalized spacial score (nSPS) is 25.0. The fraction of sp³-hybridized carbons (Fsp3) is 0.500. The standard InChI is InChI=1S/C16H22BrNO3/c1-10(2)13(19)18-16(6)8-7-12(9-11(16)3)21-14(20)15(4,5)17/h7-9,11H,1H2,2-6H3,(H,18,19). The summed E-state index contributed by atoms with van der Waals surface area (Å²) in [5.74, 6) is -0.0845. The van der Waals surface area contributed by atoms with Crippen LogP contribution in [0.2, 0.25) is 0 Å². The third-order valence-corrected chi connectivity index (χ3v) is 3.74. The minimum atomic E-state index is -0.736. The summed E-state index contributed by atoms with van der Waals surface area (Å²) in [6, 6.07) is 0. The average molecular weight is 356 g/mol. The van der Waals surface area contributed by atoms with Crippen molar-refractivity contribution in [2.45, 2.75) is 44.5 Å². The van der Waals surface area contributed by atoms with E-state index in [1.807, 2.05) is 26.0 Å². The fourth-order valence-electron chi connectivity index (χ4n) is 1.69. The molecule has 0 spiro atoms. The Labute approximate surface area is 134 Å². The fourth-order valence-corrected chi connectivity index (χ4v) is 1.77. The van der Waals surface area contributed by atoms with Crippen LogP contribution in [0.4, 0.5) is 0 Å². The first-order valence-electron chi connectivity index (χ1n) is 6.76. The molecule has 1 amide bonds. The topological polar surface area (TPSA) is 55.4 Å². The van der Waals surface area contributed by atoms with E-state index in [1.54, 1.807) is 26.8 Å². The summed E-state index contributed by atoms with van der Waals surface area (Å²) in [5, 5.41) is 2.93. The van der Waals surface area contributed by atoms with E-state index in [2.05, 4.69) is 27.8 Å². The third-order valence-electron chi connectivity index (χ3n) is 3.42. The van der Waals surface area contributed by atoms with Gasteiger partial charge in [0.1, 0.15) is 10.1 Å². The number of rotatable bonds is 4. The van der Waals surface area contributed by atoms with E-state index < -0.39 is 9.86 Å². The molecule has 1 aliphatic carbocycles. The van der Waals surface area contributed by atoms with Crippen molar-refractivity contribution in [3.8, 4) is 0 Å². The summed E-state index contributed by atoms with van der Waals surface area (Å²) in [6.45, 7) is 12.6. The molecule has 4 nitrogen and oxygen atoms in total. The molecule has 1 aliphatic rings.